The van der Waals surface area contributed by atoms with Gasteiger partial charge in [0.2, 0.25) is 0 Å². The summed E-state index contributed by atoms with van der Waals surface area (Å²) in [5.41, 5.74) is 0. The second-order valence-electron chi connectivity index (χ2n) is 5.63. The van der Waals surface area contributed by atoms with Gasteiger partial charge in [0, 0.05) is 19.1 Å². The molecule has 0 radical (unpaired) electrons. The quantitative estimate of drug-likeness (QED) is 0.673. The van der Waals surface area contributed by atoms with Gasteiger partial charge in [0.15, 0.2) is 0 Å². The number of unbranched alkanes of at least 4 members (excludes halogenated alkanes) is 2. The maximum atomic E-state index is 2.77. The second-order valence-corrected chi connectivity index (χ2v) is 5.63. The van der Waals surface area contributed by atoms with Crippen molar-refractivity contribution in [3.05, 3.63) is 0 Å². The number of rotatable bonds is 7. The summed E-state index contributed by atoms with van der Waals surface area (Å²) in [6.45, 7) is 9.77. The zero-order valence-electron chi connectivity index (χ0n) is 12.2. The molecule has 2 heteroatoms. The van der Waals surface area contributed by atoms with Gasteiger partial charge in [-0.3, -0.25) is 4.90 Å². The van der Waals surface area contributed by atoms with E-state index < -0.39 is 0 Å². The molecule has 1 saturated heterocycles. The van der Waals surface area contributed by atoms with Gasteiger partial charge in [-0.05, 0) is 39.4 Å². The lowest BCUT2D eigenvalue weighted by molar-refractivity contribution is 0.177. The average molecular weight is 240 g/mol. The maximum absolute atomic E-state index is 2.77. The highest BCUT2D eigenvalue weighted by Gasteiger charge is 2.19. The molecular formula is C15H32N2. The van der Waals surface area contributed by atoms with Gasteiger partial charge in [-0.2, -0.15) is 0 Å². The zero-order chi connectivity index (χ0) is 12.5. The van der Waals surface area contributed by atoms with E-state index in [1.54, 1.807) is 0 Å². The summed E-state index contributed by atoms with van der Waals surface area (Å²) in [6.07, 6.45) is 9.68. The molecule has 0 bridgehead atoms. The van der Waals surface area contributed by atoms with Crippen molar-refractivity contribution in [2.24, 2.45) is 0 Å². The molecule has 1 rings (SSSR count). The number of hydrogen-bond acceptors (Lipinski definition) is 2. The molecule has 0 aromatic heterocycles. The first-order valence-corrected chi connectivity index (χ1v) is 7.70. The summed E-state index contributed by atoms with van der Waals surface area (Å²) >= 11 is 0. The van der Waals surface area contributed by atoms with Crippen molar-refractivity contribution < 1.29 is 0 Å². The van der Waals surface area contributed by atoms with Crippen LogP contribution in [0, 0.1) is 0 Å². The molecule has 0 spiro atoms. The SMILES string of the molecule is CCCCC(CCCC)N1CCCN(C)CC1. The normalized spacial score (nSPS) is 19.8. The van der Waals surface area contributed by atoms with Crippen LogP contribution < -0.4 is 0 Å². The van der Waals surface area contributed by atoms with Crippen molar-refractivity contribution in [3.8, 4) is 0 Å². The summed E-state index contributed by atoms with van der Waals surface area (Å²) in [7, 11) is 2.26. The third-order valence-corrected chi connectivity index (χ3v) is 4.05. The minimum atomic E-state index is 0.862. The van der Waals surface area contributed by atoms with Crippen LogP contribution in [0.2, 0.25) is 0 Å². The van der Waals surface area contributed by atoms with E-state index in [4.69, 9.17) is 0 Å². The lowest BCUT2D eigenvalue weighted by atomic mass is 10.0. The summed E-state index contributed by atoms with van der Waals surface area (Å²) in [6, 6.07) is 0.862. The molecule has 1 aliphatic heterocycles. The predicted molar refractivity (Wildman–Crippen MR) is 76.5 cm³/mol. The molecule has 0 aromatic carbocycles. The van der Waals surface area contributed by atoms with Crippen molar-refractivity contribution in [3.63, 3.8) is 0 Å². The Kier molecular flexibility index (Phi) is 7.87. The van der Waals surface area contributed by atoms with E-state index in [1.807, 2.05) is 0 Å². The Bertz CT molecular complexity index is 174. The highest BCUT2D eigenvalue weighted by atomic mass is 15.2. The summed E-state index contributed by atoms with van der Waals surface area (Å²) in [5, 5.41) is 0. The zero-order valence-corrected chi connectivity index (χ0v) is 12.2. The van der Waals surface area contributed by atoms with E-state index in [2.05, 4.69) is 30.7 Å². The predicted octanol–water partition coefficient (Wildman–Crippen LogP) is 3.37. The van der Waals surface area contributed by atoms with E-state index in [-0.39, 0.29) is 0 Å². The van der Waals surface area contributed by atoms with Gasteiger partial charge in [0.25, 0.3) is 0 Å². The van der Waals surface area contributed by atoms with Crippen LogP contribution in [0.4, 0.5) is 0 Å². The minimum Gasteiger partial charge on any atom is -0.305 e. The maximum Gasteiger partial charge on any atom is 0.0112 e. The van der Waals surface area contributed by atoms with Crippen molar-refractivity contribution >= 4 is 0 Å². The molecule has 0 N–H and O–H groups in total. The Morgan fingerprint density at radius 1 is 0.882 bits per heavy atom. The van der Waals surface area contributed by atoms with E-state index in [1.165, 1.54) is 71.1 Å². The molecule has 0 unspecified atom stereocenters. The van der Waals surface area contributed by atoms with Gasteiger partial charge in [0.05, 0.1) is 0 Å². The number of likely N-dealkylation sites (N-methyl/N-ethyl adjacent to an activating group) is 1. The monoisotopic (exact) mass is 240 g/mol. The van der Waals surface area contributed by atoms with E-state index in [0.717, 1.165) is 6.04 Å². The van der Waals surface area contributed by atoms with Crippen LogP contribution >= 0.6 is 0 Å². The molecule has 17 heavy (non-hydrogen) atoms. The Morgan fingerprint density at radius 2 is 1.53 bits per heavy atom. The Balaban J connectivity index is 2.42. The van der Waals surface area contributed by atoms with E-state index in [9.17, 15) is 0 Å². The lowest BCUT2D eigenvalue weighted by Crippen LogP contribution is -2.38. The molecule has 0 atom stereocenters. The van der Waals surface area contributed by atoms with Crippen LogP contribution in [0.15, 0.2) is 0 Å². The van der Waals surface area contributed by atoms with Gasteiger partial charge in [-0.25, -0.2) is 0 Å². The first-order chi connectivity index (χ1) is 8.27. The molecular weight excluding hydrogens is 208 g/mol. The van der Waals surface area contributed by atoms with Gasteiger partial charge in [-0.15, -0.1) is 0 Å². The fraction of sp³-hybridized carbons (Fsp3) is 1.00. The van der Waals surface area contributed by atoms with Crippen LogP contribution in [0.5, 0.6) is 0 Å². The lowest BCUT2D eigenvalue weighted by Gasteiger charge is -2.30. The molecule has 1 heterocycles. The highest BCUT2D eigenvalue weighted by molar-refractivity contribution is 4.76. The first-order valence-electron chi connectivity index (χ1n) is 7.70. The number of hydrogen-bond donors (Lipinski definition) is 0. The van der Waals surface area contributed by atoms with Gasteiger partial charge in [0.1, 0.15) is 0 Å². The molecule has 0 amide bonds. The summed E-state index contributed by atoms with van der Waals surface area (Å²) in [4.78, 5) is 5.26. The first kappa shape index (κ1) is 15.0. The third kappa shape index (κ3) is 5.87. The highest BCUT2D eigenvalue weighted by Crippen LogP contribution is 2.17. The van der Waals surface area contributed by atoms with E-state index >= 15 is 0 Å². The van der Waals surface area contributed by atoms with Crippen LogP contribution in [-0.2, 0) is 0 Å². The van der Waals surface area contributed by atoms with Crippen LogP contribution in [0.25, 0.3) is 0 Å². The molecule has 102 valence electrons. The molecule has 0 saturated carbocycles. The minimum absolute atomic E-state index is 0.862. The van der Waals surface area contributed by atoms with Crippen LogP contribution in [0.3, 0.4) is 0 Å². The Morgan fingerprint density at radius 3 is 2.12 bits per heavy atom. The van der Waals surface area contributed by atoms with Crippen molar-refractivity contribution in [2.75, 3.05) is 33.2 Å². The van der Waals surface area contributed by atoms with Crippen molar-refractivity contribution in [2.45, 2.75) is 64.8 Å². The van der Waals surface area contributed by atoms with Crippen molar-refractivity contribution in [1.82, 2.24) is 9.80 Å². The van der Waals surface area contributed by atoms with Crippen molar-refractivity contribution in [1.29, 1.82) is 0 Å². The topological polar surface area (TPSA) is 6.48 Å². The van der Waals surface area contributed by atoms with Gasteiger partial charge < -0.3 is 4.90 Å². The molecule has 1 aliphatic rings. The summed E-state index contributed by atoms with van der Waals surface area (Å²) < 4.78 is 0. The average Bonchev–Trinajstić information content (AvgIpc) is 2.55. The molecule has 1 fully saturated rings. The Hall–Kier alpha value is -0.0800. The largest absolute Gasteiger partial charge is 0.305 e. The van der Waals surface area contributed by atoms with Crippen LogP contribution in [-0.4, -0.2) is 49.1 Å². The molecule has 0 aromatic rings. The standard InChI is InChI=1S/C15H32N2/c1-4-6-9-15(10-7-5-2)17-12-8-11-16(3)13-14-17/h15H,4-14H2,1-3H3. The fourth-order valence-electron chi connectivity index (χ4n) is 2.82. The third-order valence-electron chi connectivity index (χ3n) is 4.05. The van der Waals surface area contributed by atoms with Gasteiger partial charge in [-0.1, -0.05) is 39.5 Å². The van der Waals surface area contributed by atoms with Crippen LogP contribution in [0.1, 0.15) is 58.8 Å². The fourth-order valence-corrected chi connectivity index (χ4v) is 2.82. The smallest absolute Gasteiger partial charge is 0.0112 e. The second kappa shape index (κ2) is 8.93. The number of nitrogens with zero attached hydrogens (tertiary/aromatic N) is 2. The van der Waals surface area contributed by atoms with Gasteiger partial charge >= 0.3 is 0 Å². The Labute approximate surface area is 108 Å². The molecule has 0 aliphatic carbocycles. The molecule has 2 nitrogen and oxygen atoms in total. The van der Waals surface area contributed by atoms with E-state index in [0.29, 0.717) is 0 Å². The summed E-state index contributed by atoms with van der Waals surface area (Å²) in [5.74, 6) is 0.